The summed E-state index contributed by atoms with van der Waals surface area (Å²) in [6.07, 6.45) is 4.89. The van der Waals surface area contributed by atoms with Crippen LogP contribution in [0.25, 0.3) is 6.08 Å². The van der Waals surface area contributed by atoms with Crippen LogP contribution in [0.1, 0.15) is 28.7 Å². The standard InChI is InChI=1S/C32H31NO2/c1-25-15-19-31(24-26(25)2)33(29-13-7-4-8-14-29)30-20-16-28(17-21-30)12-9-23-35-32(34)22-18-27-10-5-3-6-11-27/h3-8,10-11,13-22,24H,9,12,23H2,1-2H3. The third-order valence-electron chi connectivity index (χ3n) is 6.02. The number of para-hydroxylation sites is 1. The Hall–Kier alpha value is -4.11. The maximum atomic E-state index is 11.9. The molecule has 3 heteroatoms. The van der Waals surface area contributed by atoms with E-state index >= 15 is 0 Å². The van der Waals surface area contributed by atoms with Crippen LogP contribution in [0.15, 0.2) is 109 Å². The molecular weight excluding hydrogens is 430 g/mol. The molecule has 4 rings (SSSR count). The number of nitrogens with zero attached hydrogens (tertiary/aromatic N) is 1. The molecule has 0 saturated carbocycles. The second-order valence-electron chi connectivity index (χ2n) is 8.62. The largest absolute Gasteiger partial charge is 0.463 e. The van der Waals surface area contributed by atoms with E-state index < -0.39 is 0 Å². The zero-order chi connectivity index (χ0) is 24.5. The Bertz CT molecular complexity index is 1260. The van der Waals surface area contributed by atoms with E-state index in [2.05, 4.69) is 85.5 Å². The van der Waals surface area contributed by atoms with Gasteiger partial charge in [0.15, 0.2) is 0 Å². The molecule has 3 nitrogen and oxygen atoms in total. The number of ether oxygens (including phenoxy) is 1. The van der Waals surface area contributed by atoms with Crippen LogP contribution in [0.3, 0.4) is 0 Å². The van der Waals surface area contributed by atoms with E-state index in [1.807, 2.05) is 36.4 Å². The summed E-state index contributed by atoms with van der Waals surface area (Å²) >= 11 is 0. The molecule has 0 unspecified atom stereocenters. The van der Waals surface area contributed by atoms with Gasteiger partial charge in [0.1, 0.15) is 0 Å². The average Bonchev–Trinajstić information content (AvgIpc) is 2.90. The highest BCUT2D eigenvalue weighted by Gasteiger charge is 2.13. The van der Waals surface area contributed by atoms with Gasteiger partial charge in [-0.2, -0.15) is 0 Å². The van der Waals surface area contributed by atoms with Crippen molar-refractivity contribution in [3.05, 3.63) is 131 Å². The van der Waals surface area contributed by atoms with Gasteiger partial charge in [0.05, 0.1) is 6.61 Å². The summed E-state index contributed by atoms with van der Waals surface area (Å²) in [6.45, 7) is 4.69. The van der Waals surface area contributed by atoms with Gasteiger partial charge in [-0.25, -0.2) is 4.79 Å². The van der Waals surface area contributed by atoms with Gasteiger partial charge < -0.3 is 9.64 Å². The third kappa shape index (κ3) is 6.70. The predicted octanol–water partition coefficient (Wildman–Crippen LogP) is 7.96. The average molecular weight is 462 g/mol. The van der Waals surface area contributed by atoms with E-state index in [1.54, 1.807) is 6.08 Å². The number of benzene rings is 4. The number of rotatable bonds is 9. The first kappa shape index (κ1) is 24.0. The summed E-state index contributed by atoms with van der Waals surface area (Å²) in [5, 5.41) is 0. The Labute approximate surface area is 208 Å². The van der Waals surface area contributed by atoms with Gasteiger partial charge >= 0.3 is 5.97 Å². The minimum atomic E-state index is -0.309. The van der Waals surface area contributed by atoms with Crippen LogP contribution in [0.4, 0.5) is 17.1 Å². The van der Waals surface area contributed by atoms with Gasteiger partial charge in [0, 0.05) is 23.1 Å². The molecule has 0 radical (unpaired) electrons. The molecule has 0 saturated heterocycles. The molecule has 0 aliphatic carbocycles. The molecule has 4 aromatic rings. The van der Waals surface area contributed by atoms with Crippen molar-refractivity contribution >= 4 is 29.1 Å². The number of hydrogen-bond acceptors (Lipinski definition) is 3. The number of hydrogen-bond donors (Lipinski definition) is 0. The van der Waals surface area contributed by atoms with Gasteiger partial charge in [-0.1, -0.05) is 66.7 Å². The number of carbonyl (C=O) groups excluding carboxylic acids is 1. The Morgan fingerprint density at radius 2 is 1.37 bits per heavy atom. The smallest absolute Gasteiger partial charge is 0.330 e. The van der Waals surface area contributed by atoms with Gasteiger partial charge in [0.2, 0.25) is 0 Å². The van der Waals surface area contributed by atoms with Crippen molar-refractivity contribution in [1.82, 2.24) is 0 Å². The molecule has 0 aliphatic heterocycles. The summed E-state index contributed by atoms with van der Waals surface area (Å²) in [4.78, 5) is 14.2. The van der Waals surface area contributed by atoms with Gasteiger partial charge in [-0.15, -0.1) is 0 Å². The lowest BCUT2D eigenvalue weighted by Crippen LogP contribution is -2.10. The fraction of sp³-hybridized carbons (Fsp3) is 0.156. The van der Waals surface area contributed by atoms with Crippen LogP contribution in [-0.4, -0.2) is 12.6 Å². The number of esters is 1. The molecule has 4 aromatic carbocycles. The zero-order valence-electron chi connectivity index (χ0n) is 20.4. The summed E-state index contributed by atoms with van der Waals surface area (Å²) in [5.41, 5.74) is 8.14. The lowest BCUT2D eigenvalue weighted by molar-refractivity contribution is -0.137. The monoisotopic (exact) mass is 461 g/mol. The van der Waals surface area contributed by atoms with Crippen molar-refractivity contribution in [2.75, 3.05) is 11.5 Å². The van der Waals surface area contributed by atoms with Gasteiger partial charge in [-0.05, 0) is 91.4 Å². The fourth-order valence-electron chi connectivity index (χ4n) is 3.93. The van der Waals surface area contributed by atoms with Crippen LogP contribution in [-0.2, 0) is 16.0 Å². The highest BCUT2D eigenvalue weighted by Crippen LogP contribution is 2.35. The first-order valence-electron chi connectivity index (χ1n) is 12.0. The molecule has 0 bridgehead atoms. The summed E-state index contributed by atoms with van der Waals surface area (Å²) in [5.74, 6) is -0.309. The van der Waals surface area contributed by atoms with Gasteiger partial charge in [0.25, 0.3) is 0 Å². The van der Waals surface area contributed by atoms with E-state index in [4.69, 9.17) is 4.74 Å². The van der Waals surface area contributed by atoms with E-state index in [0.29, 0.717) is 6.61 Å². The Morgan fingerprint density at radius 1 is 0.743 bits per heavy atom. The molecular formula is C32H31NO2. The quantitative estimate of drug-likeness (QED) is 0.144. The molecule has 0 heterocycles. The summed E-state index contributed by atoms with van der Waals surface area (Å²) in [6, 6.07) is 35.4. The Morgan fingerprint density at radius 3 is 2.06 bits per heavy atom. The van der Waals surface area contributed by atoms with E-state index in [-0.39, 0.29) is 5.97 Å². The van der Waals surface area contributed by atoms with Crippen molar-refractivity contribution in [2.24, 2.45) is 0 Å². The normalized spacial score (nSPS) is 10.9. The maximum Gasteiger partial charge on any atom is 0.330 e. The molecule has 0 N–H and O–H groups in total. The molecule has 0 fully saturated rings. The lowest BCUT2D eigenvalue weighted by atomic mass is 10.1. The molecule has 0 atom stereocenters. The minimum Gasteiger partial charge on any atom is -0.463 e. The molecule has 0 spiro atoms. The van der Waals surface area contributed by atoms with Crippen molar-refractivity contribution in [1.29, 1.82) is 0 Å². The molecule has 0 amide bonds. The second kappa shape index (κ2) is 11.8. The Balaban J connectivity index is 1.37. The molecule has 0 aliphatic rings. The SMILES string of the molecule is Cc1ccc(N(c2ccccc2)c2ccc(CCCOC(=O)C=Cc3ccccc3)cc2)cc1C. The first-order valence-corrected chi connectivity index (χ1v) is 12.0. The lowest BCUT2D eigenvalue weighted by Gasteiger charge is -2.26. The van der Waals surface area contributed by atoms with Crippen LogP contribution < -0.4 is 4.90 Å². The number of anilines is 3. The molecule has 35 heavy (non-hydrogen) atoms. The van der Waals surface area contributed by atoms with Gasteiger partial charge in [-0.3, -0.25) is 0 Å². The van der Waals surface area contributed by atoms with E-state index in [0.717, 1.165) is 35.5 Å². The number of aryl methyl sites for hydroxylation is 3. The Kier molecular flexibility index (Phi) is 8.13. The van der Waals surface area contributed by atoms with Crippen LogP contribution in [0.5, 0.6) is 0 Å². The highest BCUT2D eigenvalue weighted by molar-refractivity contribution is 5.87. The van der Waals surface area contributed by atoms with E-state index in [9.17, 15) is 4.79 Å². The summed E-state index contributed by atoms with van der Waals surface area (Å²) < 4.78 is 5.35. The van der Waals surface area contributed by atoms with Crippen molar-refractivity contribution in [2.45, 2.75) is 26.7 Å². The fourth-order valence-corrected chi connectivity index (χ4v) is 3.93. The van der Waals surface area contributed by atoms with Crippen molar-refractivity contribution < 1.29 is 9.53 Å². The van der Waals surface area contributed by atoms with Crippen LogP contribution in [0.2, 0.25) is 0 Å². The highest BCUT2D eigenvalue weighted by atomic mass is 16.5. The molecule has 0 aromatic heterocycles. The second-order valence-corrected chi connectivity index (χ2v) is 8.62. The maximum absolute atomic E-state index is 11.9. The predicted molar refractivity (Wildman–Crippen MR) is 145 cm³/mol. The summed E-state index contributed by atoms with van der Waals surface area (Å²) in [7, 11) is 0. The first-order chi connectivity index (χ1) is 17.1. The van der Waals surface area contributed by atoms with Crippen LogP contribution >= 0.6 is 0 Å². The molecule has 176 valence electrons. The third-order valence-corrected chi connectivity index (χ3v) is 6.02. The van der Waals surface area contributed by atoms with Crippen LogP contribution in [0, 0.1) is 13.8 Å². The van der Waals surface area contributed by atoms with E-state index in [1.165, 1.54) is 22.8 Å². The van der Waals surface area contributed by atoms with Crippen molar-refractivity contribution in [3.63, 3.8) is 0 Å². The minimum absolute atomic E-state index is 0.309. The zero-order valence-corrected chi connectivity index (χ0v) is 20.4. The van der Waals surface area contributed by atoms with Crippen molar-refractivity contribution in [3.8, 4) is 0 Å². The number of carbonyl (C=O) groups is 1. The topological polar surface area (TPSA) is 29.5 Å².